The Bertz CT molecular complexity index is 475. The molecule has 0 radical (unpaired) electrons. The summed E-state index contributed by atoms with van der Waals surface area (Å²) in [6.07, 6.45) is 2.10. The standard InChI is InChI=1S/C12H18N4OS/c1-3-5-6-16(4-2)12-8(7-13)9(14)10(18-12)11(15)17/h3-6,14H2,1-2H3,(H2,15,17). The molecule has 1 aromatic rings. The predicted octanol–water partition coefficient (Wildman–Crippen LogP) is 1.93. The summed E-state index contributed by atoms with van der Waals surface area (Å²) in [5.74, 6) is -0.577. The normalized spacial score (nSPS) is 10.1. The minimum atomic E-state index is -0.577. The molecule has 0 saturated carbocycles. The van der Waals surface area contributed by atoms with Crippen LogP contribution in [0.5, 0.6) is 0 Å². The number of nitrogen functional groups attached to an aromatic ring is 1. The van der Waals surface area contributed by atoms with Gasteiger partial charge in [0.1, 0.15) is 21.5 Å². The number of nitriles is 1. The van der Waals surface area contributed by atoms with Crippen molar-refractivity contribution in [3.63, 3.8) is 0 Å². The van der Waals surface area contributed by atoms with Crippen LogP contribution in [0.2, 0.25) is 0 Å². The van der Waals surface area contributed by atoms with Crippen molar-refractivity contribution in [1.82, 2.24) is 0 Å². The van der Waals surface area contributed by atoms with E-state index in [0.29, 0.717) is 5.56 Å². The number of nitrogens with two attached hydrogens (primary N) is 2. The summed E-state index contributed by atoms with van der Waals surface area (Å²) in [7, 11) is 0. The van der Waals surface area contributed by atoms with E-state index in [-0.39, 0.29) is 10.6 Å². The molecule has 0 aliphatic heterocycles. The highest BCUT2D eigenvalue weighted by Crippen LogP contribution is 2.37. The van der Waals surface area contributed by atoms with Crippen LogP contribution in [-0.2, 0) is 0 Å². The van der Waals surface area contributed by atoms with Gasteiger partial charge in [-0.05, 0) is 13.3 Å². The lowest BCUT2D eigenvalue weighted by Gasteiger charge is -2.21. The van der Waals surface area contributed by atoms with Crippen molar-refractivity contribution in [3.05, 3.63) is 10.4 Å². The summed E-state index contributed by atoms with van der Waals surface area (Å²) >= 11 is 1.21. The molecule has 1 rings (SSSR count). The van der Waals surface area contributed by atoms with E-state index in [1.54, 1.807) is 0 Å². The molecule has 5 nitrogen and oxygen atoms in total. The molecule has 6 heteroatoms. The van der Waals surface area contributed by atoms with E-state index in [0.717, 1.165) is 30.9 Å². The van der Waals surface area contributed by atoms with E-state index in [4.69, 9.17) is 16.7 Å². The first-order valence-corrected chi connectivity index (χ1v) is 6.75. The SMILES string of the molecule is CCCCN(CC)c1sc(C(N)=O)c(N)c1C#N. The number of hydrogen-bond acceptors (Lipinski definition) is 5. The Morgan fingerprint density at radius 2 is 2.17 bits per heavy atom. The van der Waals surface area contributed by atoms with Crippen LogP contribution in [0, 0.1) is 11.3 Å². The number of hydrogen-bond donors (Lipinski definition) is 2. The van der Waals surface area contributed by atoms with Gasteiger partial charge < -0.3 is 16.4 Å². The minimum absolute atomic E-state index is 0.208. The van der Waals surface area contributed by atoms with Gasteiger partial charge in [0, 0.05) is 13.1 Å². The van der Waals surface area contributed by atoms with E-state index in [2.05, 4.69) is 17.9 Å². The molecule has 0 atom stereocenters. The van der Waals surface area contributed by atoms with E-state index in [9.17, 15) is 4.79 Å². The summed E-state index contributed by atoms with van der Waals surface area (Å²) < 4.78 is 0. The van der Waals surface area contributed by atoms with Gasteiger partial charge in [-0.1, -0.05) is 13.3 Å². The maximum absolute atomic E-state index is 11.3. The third-order valence-electron chi connectivity index (χ3n) is 2.71. The molecule has 0 fully saturated rings. The monoisotopic (exact) mass is 266 g/mol. The van der Waals surface area contributed by atoms with E-state index in [1.807, 2.05) is 6.92 Å². The third-order valence-corrected chi connectivity index (χ3v) is 3.99. The molecule has 4 N–H and O–H groups in total. The zero-order chi connectivity index (χ0) is 13.7. The Morgan fingerprint density at radius 3 is 2.61 bits per heavy atom. The summed E-state index contributed by atoms with van der Waals surface area (Å²) in [4.78, 5) is 13.6. The molecule has 0 saturated heterocycles. The first kappa shape index (κ1) is 14.3. The molecule has 1 heterocycles. The molecule has 0 aromatic carbocycles. The van der Waals surface area contributed by atoms with Gasteiger partial charge in [0.2, 0.25) is 0 Å². The quantitative estimate of drug-likeness (QED) is 0.822. The summed E-state index contributed by atoms with van der Waals surface area (Å²) in [6.45, 7) is 5.74. The van der Waals surface area contributed by atoms with Crippen LogP contribution in [0.3, 0.4) is 0 Å². The average Bonchev–Trinajstić information content (AvgIpc) is 2.67. The maximum Gasteiger partial charge on any atom is 0.261 e. The highest BCUT2D eigenvalue weighted by Gasteiger charge is 2.22. The Kier molecular flexibility index (Phi) is 4.98. The van der Waals surface area contributed by atoms with Crippen molar-refractivity contribution >= 4 is 27.9 Å². The Labute approximate surface area is 111 Å². The number of nitrogens with zero attached hydrogens (tertiary/aromatic N) is 2. The van der Waals surface area contributed by atoms with Gasteiger partial charge in [-0.15, -0.1) is 11.3 Å². The Balaban J connectivity index is 3.18. The number of unbranched alkanes of at least 4 members (excludes halogenated alkanes) is 1. The van der Waals surface area contributed by atoms with Crippen LogP contribution in [0.1, 0.15) is 41.9 Å². The molecular formula is C12H18N4OS. The van der Waals surface area contributed by atoms with Gasteiger partial charge in [0.05, 0.1) is 5.69 Å². The fraction of sp³-hybridized carbons (Fsp3) is 0.500. The predicted molar refractivity (Wildman–Crippen MR) is 74.8 cm³/mol. The smallest absolute Gasteiger partial charge is 0.261 e. The molecule has 98 valence electrons. The molecule has 0 spiro atoms. The Hall–Kier alpha value is -1.74. The topological polar surface area (TPSA) is 96.1 Å². The lowest BCUT2D eigenvalue weighted by Crippen LogP contribution is -2.23. The second-order valence-corrected chi connectivity index (χ2v) is 4.93. The number of carbonyl (C=O) groups is 1. The van der Waals surface area contributed by atoms with Crippen molar-refractivity contribution in [2.75, 3.05) is 23.7 Å². The van der Waals surface area contributed by atoms with E-state index < -0.39 is 5.91 Å². The number of rotatable bonds is 6. The third kappa shape index (κ3) is 2.74. The number of anilines is 2. The number of primary amides is 1. The molecule has 1 aromatic heterocycles. The van der Waals surface area contributed by atoms with Gasteiger partial charge >= 0.3 is 0 Å². The number of amides is 1. The van der Waals surface area contributed by atoms with E-state index >= 15 is 0 Å². The largest absolute Gasteiger partial charge is 0.396 e. The maximum atomic E-state index is 11.3. The van der Waals surface area contributed by atoms with Crippen LogP contribution in [0.4, 0.5) is 10.7 Å². The van der Waals surface area contributed by atoms with Crippen molar-refractivity contribution in [2.45, 2.75) is 26.7 Å². The zero-order valence-electron chi connectivity index (χ0n) is 10.7. The lowest BCUT2D eigenvalue weighted by atomic mass is 10.2. The first-order valence-electron chi connectivity index (χ1n) is 5.93. The summed E-state index contributed by atoms with van der Waals surface area (Å²) in [6, 6.07) is 2.07. The van der Waals surface area contributed by atoms with Gasteiger partial charge in [0.15, 0.2) is 0 Å². The second kappa shape index (κ2) is 6.26. The van der Waals surface area contributed by atoms with Crippen molar-refractivity contribution in [3.8, 4) is 6.07 Å². The highest BCUT2D eigenvalue weighted by molar-refractivity contribution is 7.19. The average molecular weight is 266 g/mol. The molecular weight excluding hydrogens is 248 g/mol. The van der Waals surface area contributed by atoms with Gasteiger partial charge in [0.25, 0.3) is 5.91 Å². The molecule has 0 aliphatic rings. The zero-order valence-corrected chi connectivity index (χ0v) is 11.5. The minimum Gasteiger partial charge on any atom is -0.396 e. The summed E-state index contributed by atoms with van der Waals surface area (Å²) in [5, 5.41) is 9.91. The van der Waals surface area contributed by atoms with Crippen molar-refractivity contribution in [1.29, 1.82) is 5.26 Å². The van der Waals surface area contributed by atoms with Gasteiger partial charge in [-0.25, -0.2) is 0 Å². The van der Waals surface area contributed by atoms with Crippen LogP contribution in [0.15, 0.2) is 0 Å². The molecule has 0 bridgehead atoms. The fourth-order valence-corrected chi connectivity index (χ4v) is 2.81. The van der Waals surface area contributed by atoms with Crippen LogP contribution < -0.4 is 16.4 Å². The van der Waals surface area contributed by atoms with Crippen molar-refractivity contribution in [2.24, 2.45) is 5.73 Å². The summed E-state index contributed by atoms with van der Waals surface area (Å²) in [5.41, 5.74) is 11.6. The fourth-order valence-electron chi connectivity index (χ4n) is 1.70. The second-order valence-electron chi connectivity index (χ2n) is 3.93. The van der Waals surface area contributed by atoms with Gasteiger partial charge in [-0.3, -0.25) is 4.79 Å². The molecule has 0 aliphatic carbocycles. The van der Waals surface area contributed by atoms with Crippen LogP contribution >= 0.6 is 11.3 Å². The molecule has 0 unspecified atom stereocenters. The number of thiophene rings is 1. The highest BCUT2D eigenvalue weighted by atomic mass is 32.1. The van der Waals surface area contributed by atoms with Crippen LogP contribution in [-0.4, -0.2) is 19.0 Å². The molecule has 18 heavy (non-hydrogen) atoms. The lowest BCUT2D eigenvalue weighted by molar-refractivity contribution is 0.100. The van der Waals surface area contributed by atoms with E-state index in [1.165, 1.54) is 11.3 Å². The first-order chi connectivity index (χ1) is 8.56. The molecule has 1 amide bonds. The Morgan fingerprint density at radius 1 is 1.50 bits per heavy atom. The van der Waals surface area contributed by atoms with Crippen LogP contribution in [0.25, 0.3) is 0 Å². The van der Waals surface area contributed by atoms with Crippen molar-refractivity contribution < 1.29 is 4.79 Å². The number of carbonyl (C=O) groups excluding carboxylic acids is 1. The van der Waals surface area contributed by atoms with Gasteiger partial charge in [-0.2, -0.15) is 5.26 Å².